The molecule has 0 aliphatic carbocycles. The molecule has 86 valence electrons. The SMILES string of the molecule is O=C(O)c1ccncc1-c1ccc(F)cc1O. The van der Waals surface area contributed by atoms with Gasteiger partial charge in [-0.05, 0) is 18.2 Å². The van der Waals surface area contributed by atoms with E-state index in [2.05, 4.69) is 4.98 Å². The van der Waals surface area contributed by atoms with Gasteiger partial charge in [0.1, 0.15) is 11.6 Å². The fourth-order valence-electron chi connectivity index (χ4n) is 1.53. The van der Waals surface area contributed by atoms with E-state index in [1.165, 1.54) is 24.5 Å². The first-order valence-corrected chi connectivity index (χ1v) is 4.76. The van der Waals surface area contributed by atoms with E-state index < -0.39 is 11.8 Å². The van der Waals surface area contributed by atoms with E-state index in [1.807, 2.05) is 0 Å². The van der Waals surface area contributed by atoms with E-state index in [1.54, 1.807) is 0 Å². The summed E-state index contributed by atoms with van der Waals surface area (Å²) in [5, 5.41) is 18.6. The number of carboxylic acids is 1. The monoisotopic (exact) mass is 233 g/mol. The molecule has 2 N–H and O–H groups in total. The van der Waals surface area contributed by atoms with Crippen LogP contribution < -0.4 is 0 Å². The Hall–Kier alpha value is -2.43. The lowest BCUT2D eigenvalue weighted by atomic mass is 10.0. The molecule has 2 rings (SSSR count). The van der Waals surface area contributed by atoms with Crippen LogP contribution in [0.5, 0.6) is 5.75 Å². The Bertz CT molecular complexity index is 584. The number of benzene rings is 1. The van der Waals surface area contributed by atoms with Gasteiger partial charge in [-0.2, -0.15) is 0 Å². The van der Waals surface area contributed by atoms with Crippen LogP contribution in [-0.4, -0.2) is 21.2 Å². The summed E-state index contributed by atoms with van der Waals surface area (Å²) < 4.78 is 12.8. The first-order valence-electron chi connectivity index (χ1n) is 4.76. The molecule has 0 spiro atoms. The lowest BCUT2D eigenvalue weighted by Crippen LogP contribution is -2.00. The van der Waals surface area contributed by atoms with Gasteiger partial charge < -0.3 is 10.2 Å². The number of halogens is 1. The Kier molecular flexibility index (Phi) is 2.74. The first-order chi connectivity index (χ1) is 8.09. The zero-order valence-electron chi connectivity index (χ0n) is 8.59. The minimum atomic E-state index is -1.13. The van der Waals surface area contributed by atoms with Gasteiger partial charge in [-0.1, -0.05) is 0 Å². The third-order valence-corrected chi connectivity index (χ3v) is 2.30. The second-order valence-corrected chi connectivity index (χ2v) is 3.39. The van der Waals surface area contributed by atoms with Crippen LogP contribution in [0.2, 0.25) is 0 Å². The van der Waals surface area contributed by atoms with Crippen LogP contribution in [0.1, 0.15) is 10.4 Å². The van der Waals surface area contributed by atoms with Gasteiger partial charge in [-0.25, -0.2) is 9.18 Å². The average molecular weight is 233 g/mol. The molecule has 0 bridgehead atoms. The summed E-state index contributed by atoms with van der Waals surface area (Å²) in [6.07, 6.45) is 2.66. The van der Waals surface area contributed by atoms with Crippen LogP contribution >= 0.6 is 0 Å². The predicted octanol–water partition coefficient (Wildman–Crippen LogP) is 2.29. The Morgan fingerprint density at radius 3 is 2.65 bits per heavy atom. The largest absolute Gasteiger partial charge is 0.507 e. The molecule has 4 nitrogen and oxygen atoms in total. The zero-order valence-corrected chi connectivity index (χ0v) is 8.59. The number of aromatic nitrogens is 1. The molecule has 0 saturated carbocycles. The fourth-order valence-corrected chi connectivity index (χ4v) is 1.53. The quantitative estimate of drug-likeness (QED) is 0.834. The van der Waals surface area contributed by atoms with E-state index in [-0.39, 0.29) is 22.4 Å². The topological polar surface area (TPSA) is 70.4 Å². The molecule has 0 aliphatic rings. The minimum absolute atomic E-state index is 0.00177. The maximum atomic E-state index is 12.8. The molecule has 0 saturated heterocycles. The number of pyridine rings is 1. The predicted molar refractivity (Wildman–Crippen MR) is 58.3 cm³/mol. The summed E-state index contributed by atoms with van der Waals surface area (Å²) in [4.78, 5) is 14.8. The molecule has 0 radical (unpaired) electrons. The van der Waals surface area contributed by atoms with Gasteiger partial charge in [0.2, 0.25) is 0 Å². The summed E-state index contributed by atoms with van der Waals surface area (Å²) in [6, 6.07) is 4.70. The third kappa shape index (κ3) is 2.08. The van der Waals surface area contributed by atoms with Gasteiger partial charge in [-0.15, -0.1) is 0 Å². The number of aromatic hydroxyl groups is 1. The average Bonchev–Trinajstić information content (AvgIpc) is 2.29. The Morgan fingerprint density at radius 1 is 1.24 bits per heavy atom. The highest BCUT2D eigenvalue weighted by Crippen LogP contribution is 2.31. The van der Waals surface area contributed by atoms with E-state index in [9.17, 15) is 14.3 Å². The van der Waals surface area contributed by atoms with Crippen molar-refractivity contribution in [2.24, 2.45) is 0 Å². The van der Waals surface area contributed by atoms with Gasteiger partial charge in [0.15, 0.2) is 0 Å². The van der Waals surface area contributed by atoms with Crippen LogP contribution in [0, 0.1) is 5.82 Å². The number of nitrogens with zero attached hydrogens (tertiary/aromatic N) is 1. The summed E-state index contributed by atoms with van der Waals surface area (Å²) in [5.41, 5.74) is 0.483. The molecule has 1 heterocycles. The normalized spacial score (nSPS) is 10.2. The standard InChI is InChI=1S/C12H8FNO3/c13-7-1-2-8(11(15)5-7)10-6-14-4-3-9(10)12(16)17/h1-6,15H,(H,16,17). The first kappa shape index (κ1) is 11.1. The molecule has 0 amide bonds. The Labute approximate surface area is 96.0 Å². The van der Waals surface area contributed by atoms with E-state index in [0.29, 0.717) is 0 Å². The molecule has 5 heteroatoms. The summed E-state index contributed by atoms with van der Waals surface area (Å²) in [6.45, 7) is 0. The van der Waals surface area contributed by atoms with Gasteiger partial charge in [0.25, 0.3) is 0 Å². The van der Waals surface area contributed by atoms with Gasteiger partial charge in [-0.3, -0.25) is 4.98 Å². The van der Waals surface area contributed by atoms with Crippen molar-refractivity contribution >= 4 is 5.97 Å². The number of rotatable bonds is 2. The molecule has 2 aromatic rings. The number of aromatic carboxylic acids is 1. The van der Waals surface area contributed by atoms with E-state index in [4.69, 9.17) is 5.11 Å². The van der Waals surface area contributed by atoms with E-state index in [0.717, 1.165) is 12.1 Å². The van der Waals surface area contributed by atoms with Gasteiger partial charge >= 0.3 is 5.97 Å². The van der Waals surface area contributed by atoms with Crippen molar-refractivity contribution in [1.29, 1.82) is 0 Å². The van der Waals surface area contributed by atoms with Crippen molar-refractivity contribution in [3.05, 3.63) is 48.0 Å². The van der Waals surface area contributed by atoms with Crippen LogP contribution in [0.4, 0.5) is 4.39 Å². The summed E-state index contributed by atoms with van der Waals surface area (Å²) in [7, 11) is 0. The van der Waals surface area contributed by atoms with Crippen LogP contribution in [0.3, 0.4) is 0 Å². The fraction of sp³-hybridized carbons (Fsp3) is 0. The maximum Gasteiger partial charge on any atom is 0.336 e. The van der Waals surface area contributed by atoms with Crippen molar-refractivity contribution < 1.29 is 19.4 Å². The number of phenols is 1. The second-order valence-electron chi connectivity index (χ2n) is 3.39. The van der Waals surface area contributed by atoms with Crippen LogP contribution in [-0.2, 0) is 0 Å². The molecule has 0 unspecified atom stereocenters. The molecule has 0 fully saturated rings. The van der Waals surface area contributed by atoms with Gasteiger partial charge in [0.05, 0.1) is 5.56 Å². The number of carbonyl (C=O) groups is 1. The molecule has 17 heavy (non-hydrogen) atoms. The minimum Gasteiger partial charge on any atom is -0.507 e. The number of hydrogen-bond acceptors (Lipinski definition) is 3. The summed E-state index contributed by atoms with van der Waals surface area (Å²) in [5.74, 6) is -2.04. The molecular formula is C12H8FNO3. The van der Waals surface area contributed by atoms with E-state index >= 15 is 0 Å². The highest BCUT2D eigenvalue weighted by Gasteiger charge is 2.14. The zero-order chi connectivity index (χ0) is 12.4. The maximum absolute atomic E-state index is 12.8. The molecule has 1 aromatic heterocycles. The molecule has 1 aromatic carbocycles. The lowest BCUT2D eigenvalue weighted by Gasteiger charge is -2.07. The highest BCUT2D eigenvalue weighted by molar-refractivity contribution is 5.96. The van der Waals surface area contributed by atoms with Crippen LogP contribution in [0.25, 0.3) is 11.1 Å². The summed E-state index contributed by atoms with van der Waals surface area (Å²) >= 11 is 0. The van der Waals surface area contributed by atoms with Crippen molar-refractivity contribution in [2.75, 3.05) is 0 Å². The molecular weight excluding hydrogens is 225 g/mol. The lowest BCUT2D eigenvalue weighted by molar-refractivity contribution is 0.0697. The van der Waals surface area contributed by atoms with Crippen LogP contribution in [0.15, 0.2) is 36.7 Å². The van der Waals surface area contributed by atoms with Crippen molar-refractivity contribution in [1.82, 2.24) is 4.98 Å². The van der Waals surface area contributed by atoms with Crippen molar-refractivity contribution in [3.63, 3.8) is 0 Å². The Morgan fingerprint density at radius 2 is 2.00 bits per heavy atom. The van der Waals surface area contributed by atoms with Gasteiger partial charge in [0, 0.05) is 29.6 Å². The smallest absolute Gasteiger partial charge is 0.336 e. The van der Waals surface area contributed by atoms with Crippen molar-refractivity contribution in [3.8, 4) is 16.9 Å². The second kappa shape index (κ2) is 4.21. The number of carboxylic acid groups (broad SMARTS) is 1. The number of hydrogen-bond donors (Lipinski definition) is 2. The number of phenolic OH excluding ortho intramolecular Hbond substituents is 1. The van der Waals surface area contributed by atoms with Crippen molar-refractivity contribution in [2.45, 2.75) is 0 Å². The molecule has 0 aliphatic heterocycles. The Balaban J connectivity index is 2.64. The third-order valence-electron chi connectivity index (χ3n) is 2.30. The molecule has 0 atom stereocenters. The highest BCUT2D eigenvalue weighted by atomic mass is 19.1.